The number of rotatable bonds is 4. The van der Waals surface area contributed by atoms with Crippen LogP contribution in [0.15, 0.2) is 91.0 Å². The van der Waals surface area contributed by atoms with Gasteiger partial charge in [0.15, 0.2) is 5.82 Å². The van der Waals surface area contributed by atoms with E-state index in [0.717, 1.165) is 40.3 Å². The van der Waals surface area contributed by atoms with Crippen LogP contribution in [0.1, 0.15) is 47.6 Å². The van der Waals surface area contributed by atoms with E-state index in [1.54, 1.807) is 5.56 Å². The predicted octanol–water partition coefficient (Wildman–Crippen LogP) is 8.00. The van der Waals surface area contributed by atoms with Gasteiger partial charge in [-0.1, -0.05) is 72.8 Å². The van der Waals surface area contributed by atoms with E-state index in [1.165, 1.54) is 48.3 Å². The van der Waals surface area contributed by atoms with E-state index in [2.05, 4.69) is 103 Å². The SMILES string of the molecule is Cc1c2c(n(-c3ccc(-c4cc(-c5ccccc5)nc(C5=CC=CC=CC5)n4)cc3)c1C)CCCC2. The summed E-state index contributed by atoms with van der Waals surface area (Å²) in [6.07, 6.45) is 16.2. The highest BCUT2D eigenvalue weighted by molar-refractivity contribution is 5.73. The molecule has 2 aliphatic carbocycles. The number of hydrogen-bond acceptors (Lipinski definition) is 2. The van der Waals surface area contributed by atoms with Gasteiger partial charge in [-0.25, -0.2) is 9.97 Å². The van der Waals surface area contributed by atoms with Crippen LogP contribution < -0.4 is 0 Å². The fourth-order valence-electron chi connectivity index (χ4n) is 5.50. The Balaban J connectivity index is 1.43. The molecule has 0 aliphatic heterocycles. The van der Waals surface area contributed by atoms with Gasteiger partial charge in [0.1, 0.15) is 0 Å². The smallest absolute Gasteiger partial charge is 0.156 e. The van der Waals surface area contributed by atoms with E-state index in [-0.39, 0.29) is 0 Å². The van der Waals surface area contributed by atoms with Gasteiger partial charge in [0, 0.05) is 33.8 Å². The number of nitrogens with zero attached hydrogens (tertiary/aromatic N) is 3. The lowest BCUT2D eigenvalue weighted by Crippen LogP contribution is -2.07. The van der Waals surface area contributed by atoms with E-state index in [9.17, 15) is 0 Å². The molecule has 0 fully saturated rings. The molecule has 2 heterocycles. The van der Waals surface area contributed by atoms with Crippen molar-refractivity contribution in [3.63, 3.8) is 0 Å². The standard InChI is InChI=1S/C33H31N3/c1-23-24(2)36(32-17-11-10-16-29(23)32)28-20-18-26(19-21-28)31-22-30(25-12-8-5-9-13-25)34-33(35-31)27-14-6-3-4-7-15-27/h3-9,12-14,18-22H,10-11,15-17H2,1-2H3. The third kappa shape index (κ3) is 4.15. The minimum absolute atomic E-state index is 0.789. The van der Waals surface area contributed by atoms with Crippen molar-refractivity contribution in [2.24, 2.45) is 0 Å². The predicted molar refractivity (Wildman–Crippen MR) is 149 cm³/mol. The minimum Gasteiger partial charge on any atom is -0.318 e. The molecule has 2 aromatic carbocycles. The Kier molecular flexibility index (Phi) is 5.98. The van der Waals surface area contributed by atoms with Crippen LogP contribution in [0, 0.1) is 13.8 Å². The summed E-state index contributed by atoms with van der Waals surface area (Å²) in [5.41, 5.74) is 12.4. The van der Waals surface area contributed by atoms with Crippen molar-refractivity contribution >= 4 is 5.57 Å². The Morgan fingerprint density at radius 2 is 1.47 bits per heavy atom. The van der Waals surface area contributed by atoms with Crippen LogP contribution in [0.2, 0.25) is 0 Å². The molecule has 36 heavy (non-hydrogen) atoms. The Morgan fingerprint density at radius 3 is 2.25 bits per heavy atom. The normalized spacial score (nSPS) is 14.9. The number of allylic oxidation sites excluding steroid dienone is 6. The highest BCUT2D eigenvalue weighted by Gasteiger charge is 2.21. The van der Waals surface area contributed by atoms with Crippen LogP contribution >= 0.6 is 0 Å². The van der Waals surface area contributed by atoms with Crippen LogP contribution in [-0.4, -0.2) is 14.5 Å². The van der Waals surface area contributed by atoms with Crippen molar-refractivity contribution in [3.05, 3.63) is 119 Å². The zero-order valence-electron chi connectivity index (χ0n) is 21.0. The first kappa shape index (κ1) is 22.5. The molecule has 0 atom stereocenters. The van der Waals surface area contributed by atoms with E-state index in [4.69, 9.17) is 9.97 Å². The van der Waals surface area contributed by atoms with Crippen LogP contribution in [0.3, 0.4) is 0 Å². The van der Waals surface area contributed by atoms with Gasteiger partial charge in [-0.15, -0.1) is 0 Å². The highest BCUT2D eigenvalue weighted by Crippen LogP contribution is 2.33. The van der Waals surface area contributed by atoms with Crippen molar-refractivity contribution in [2.75, 3.05) is 0 Å². The topological polar surface area (TPSA) is 30.7 Å². The summed E-state index contributed by atoms with van der Waals surface area (Å²) in [4.78, 5) is 10.0. The number of hydrogen-bond donors (Lipinski definition) is 0. The summed E-state index contributed by atoms with van der Waals surface area (Å²) in [7, 11) is 0. The summed E-state index contributed by atoms with van der Waals surface area (Å²) in [5, 5.41) is 0. The van der Waals surface area contributed by atoms with Crippen molar-refractivity contribution in [2.45, 2.75) is 46.0 Å². The summed E-state index contributed by atoms with van der Waals surface area (Å²) in [5.74, 6) is 0.789. The van der Waals surface area contributed by atoms with Crippen molar-refractivity contribution in [1.82, 2.24) is 14.5 Å². The minimum atomic E-state index is 0.789. The van der Waals surface area contributed by atoms with Crippen LogP contribution in [0.25, 0.3) is 33.8 Å². The van der Waals surface area contributed by atoms with E-state index in [0.29, 0.717) is 0 Å². The maximum atomic E-state index is 5.03. The van der Waals surface area contributed by atoms with Gasteiger partial charge in [0.25, 0.3) is 0 Å². The first-order valence-electron chi connectivity index (χ1n) is 13.0. The molecule has 178 valence electrons. The molecule has 3 heteroatoms. The Labute approximate surface area is 213 Å². The lowest BCUT2D eigenvalue weighted by Gasteiger charge is -2.17. The first-order valence-corrected chi connectivity index (χ1v) is 13.0. The van der Waals surface area contributed by atoms with E-state index in [1.807, 2.05) is 6.07 Å². The summed E-state index contributed by atoms with van der Waals surface area (Å²) >= 11 is 0. The molecule has 0 bridgehead atoms. The zero-order chi connectivity index (χ0) is 24.5. The summed E-state index contributed by atoms with van der Waals surface area (Å²) in [6.45, 7) is 4.54. The number of benzene rings is 2. The molecule has 3 nitrogen and oxygen atoms in total. The molecule has 0 saturated heterocycles. The molecule has 2 aromatic heterocycles. The van der Waals surface area contributed by atoms with Gasteiger partial charge >= 0.3 is 0 Å². The second-order valence-corrected chi connectivity index (χ2v) is 9.76. The van der Waals surface area contributed by atoms with Gasteiger partial charge in [-0.05, 0) is 75.3 Å². The van der Waals surface area contributed by atoms with Crippen molar-refractivity contribution in [3.8, 4) is 28.2 Å². The molecular weight excluding hydrogens is 438 g/mol. The van der Waals surface area contributed by atoms with E-state index < -0.39 is 0 Å². The fraction of sp³-hybridized carbons (Fsp3) is 0.212. The monoisotopic (exact) mass is 469 g/mol. The molecular formula is C33H31N3. The van der Waals surface area contributed by atoms with Crippen molar-refractivity contribution in [1.29, 1.82) is 0 Å². The lowest BCUT2D eigenvalue weighted by molar-refractivity contribution is 0.660. The summed E-state index contributed by atoms with van der Waals surface area (Å²) in [6, 6.07) is 21.4. The second-order valence-electron chi connectivity index (χ2n) is 9.76. The molecule has 0 amide bonds. The molecule has 4 aromatic rings. The van der Waals surface area contributed by atoms with E-state index >= 15 is 0 Å². The Morgan fingerprint density at radius 1 is 0.750 bits per heavy atom. The highest BCUT2D eigenvalue weighted by atomic mass is 15.0. The summed E-state index contributed by atoms with van der Waals surface area (Å²) < 4.78 is 2.48. The van der Waals surface area contributed by atoms with Crippen LogP contribution in [0.5, 0.6) is 0 Å². The van der Waals surface area contributed by atoms with Crippen LogP contribution in [-0.2, 0) is 12.8 Å². The molecule has 0 radical (unpaired) electrons. The molecule has 0 N–H and O–H groups in total. The van der Waals surface area contributed by atoms with Gasteiger partial charge in [-0.2, -0.15) is 0 Å². The number of fused-ring (bicyclic) bond motifs is 1. The van der Waals surface area contributed by atoms with Crippen molar-refractivity contribution < 1.29 is 0 Å². The largest absolute Gasteiger partial charge is 0.318 e. The maximum Gasteiger partial charge on any atom is 0.156 e. The average molecular weight is 470 g/mol. The first-order chi connectivity index (χ1) is 17.7. The van der Waals surface area contributed by atoms with Gasteiger partial charge < -0.3 is 4.57 Å². The quantitative estimate of drug-likeness (QED) is 0.303. The third-order valence-corrected chi connectivity index (χ3v) is 7.54. The molecule has 0 unspecified atom stereocenters. The number of aromatic nitrogens is 3. The molecule has 0 saturated carbocycles. The van der Waals surface area contributed by atoms with Gasteiger partial charge in [-0.3, -0.25) is 0 Å². The average Bonchev–Trinajstić information content (AvgIpc) is 3.10. The maximum absolute atomic E-state index is 5.03. The molecule has 2 aliphatic rings. The lowest BCUT2D eigenvalue weighted by atomic mass is 9.95. The Bertz CT molecular complexity index is 1500. The second kappa shape index (κ2) is 9.58. The Hall–Kier alpha value is -3.98. The fourth-order valence-corrected chi connectivity index (χ4v) is 5.50. The van der Waals surface area contributed by atoms with Crippen LogP contribution in [0.4, 0.5) is 0 Å². The van der Waals surface area contributed by atoms with Gasteiger partial charge in [0.2, 0.25) is 0 Å². The molecule has 6 rings (SSSR count). The molecule has 0 spiro atoms. The third-order valence-electron chi connectivity index (χ3n) is 7.54. The zero-order valence-corrected chi connectivity index (χ0v) is 21.0. The van der Waals surface area contributed by atoms with Gasteiger partial charge in [0.05, 0.1) is 11.4 Å².